The van der Waals surface area contributed by atoms with Gasteiger partial charge in [0.2, 0.25) is 0 Å². The SMILES string of the molecule is CCOC(=O)C1=C(COC(=O)c2ccc(OC)c([N+](=O)[O-])c2)NC(=O)N[C@H]1C. The predicted octanol–water partition coefficient (Wildman–Crippen LogP) is 1.28. The van der Waals surface area contributed by atoms with Gasteiger partial charge in [0.25, 0.3) is 0 Å². The largest absolute Gasteiger partial charge is 0.490 e. The van der Waals surface area contributed by atoms with E-state index in [2.05, 4.69) is 10.6 Å². The Balaban J connectivity index is 2.23. The van der Waals surface area contributed by atoms with Gasteiger partial charge in [-0.2, -0.15) is 0 Å². The smallest absolute Gasteiger partial charge is 0.338 e. The van der Waals surface area contributed by atoms with Crippen LogP contribution in [0, 0.1) is 10.1 Å². The van der Waals surface area contributed by atoms with Crippen LogP contribution in [0.3, 0.4) is 0 Å². The van der Waals surface area contributed by atoms with E-state index in [1.165, 1.54) is 19.2 Å². The molecule has 0 saturated carbocycles. The summed E-state index contributed by atoms with van der Waals surface area (Å²) in [6.45, 7) is 2.92. The number of nitro benzene ring substituents is 1. The first-order valence-electron chi connectivity index (χ1n) is 8.25. The molecule has 2 amide bonds. The van der Waals surface area contributed by atoms with Gasteiger partial charge in [0.1, 0.15) is 6.61 Å². The molecular formula is C17H19N3O8. The van der Waals surface area contributed by atoms with E-state index in [-0.39, 0.29) is 29.2 Å². The fraction of sp³-hybridized carbons (Fsp3) is 0.353. The Morgan fingerprint density at radius 2 is 1.96 bits per heavy atom. The van der Waals surface area contributed by atoms with E-state index < -0.39 is 41.2 Å². The maximum atomic E-state index is 12.3. The normalized spacial score (nSPS) is 16.0. The maximum Gasteiger partial charge on any atom is 0.338 e. The van der Waals surface area contributed by atoms with Gasteiger partial charge in [0.05, 0.1) is 41.5 Å². The molecule has 0 unspecified atom stereocenters. The zero-order valence-electron chi connectivity index (χ0n) is 15.4. The summed E-state index contributed by atoms with van der Waals surface area (Å²) in [6.07, 6.45) is 0. The molecule has 0 bridgehead atoms. The van der Waals surface area contributed by atoms with Crippen LogP contribution >= 0.6 is 0 Å². The maximum absolute atomic E-state index is 12.3. The minimum Gasteiger partial charge on any atom is -0.490 e. The van der Waals surface area contributed by atoms with Gasteiger partial charge < -0.3 is 24.8 Å². The minimum absolute atomic E-state index is 0.00620. The first-order valence-corrected chi connectivity index (χ1v) is 8.25. The lowest BCUT2D eigenvalue weighted by atomic mass is 10.0. The number of ether oxygens (including phenoxy) is 3. The van der Waals surface area contributed by atoms with Gasteiger partial charge in [-0.25, -0.2) is 14.4 Å². The highest BCUT2D eigenvalue weighted by atomic mass is 16.6. The number of nitrogens with one attached hydrogen (secondary N) is 2. The first-order chi connectivity index (χ1) is 13.3. The lowest BCUT2D eigenvalue weighted by Crippen LogP contribution is -2.50. The number of amides is 2. The average Bonchev–Trinajstić information content (AvgIpc) is 2.65. The molecule has 0 aliphatic carbocycles. The van der Waals surface area contributed by atoms with Crippen LogP contribution in [-0.2, 0) is 14.3 Å². The highest BCUT2D eigenvalue weighted by Crippen LogP contribution is 2.28. The molecule has 1 heterocycles. The third-order valence-corrected chi connectivity index (χ3v) is 3.82. The van der Waals surface area contributed by atoms with E-state index in [1.807, 2.05) is 0 Å². The van der Waals surface area contributed by atoms with Crippen LogP contribution in [0.25, 0.3) is 0 Å². The topological polar surface area (TPSA) is 146 Å². The zero-order valence-corrected chi connectivity index (χ0v) is 15.4. The van der Waals surface area contributed by atoms with E-state index >= 15 is 0 Å². The third kappa shape index (κ3) is 4.55. The van der Waals surface area contributed by atoms with Crippen molar-refractivity contribution >= 4 is 23.7 Å². The number of hydrogen-bond acceptors (Lipinski definition) is 8. The molecule has 150 valence electrons. The van der Waals surface area contributed by atoms with Crippen LogP contribution in [-0.4, -0.2) is 49.3 Å². The summed E-state index contributed by atoms with van der Waals surface area (Å²) in [5, 5.41) is 16.0. The predicted molar refractivity (Wildman–Crippen MR) is 94.7 cm³/mol. The van der Waals surface area contributed by atoms with Crippen molar-refractivity contribution in [3.63, 3.8) is 0 Å². The molecule has 0 fully saturated rings. The van der Waals surface area contributed by atoms with Gasteiger partial charge in [-0.15, -0.1) is 0 Å². The summed E-state index contributed by atoms with van der Waals surface area (Å²) >= 11 is 0. The summed E-state index contributed by atoms with van der Waals surface area (Å²) in [6, 6.07) is 2.38. The lowest BCUT2D eigenvalue weighted by Gasteiger charge is -2.26. The molecule has 2 N–H and O–H groups in total. The molecule has 0 spiro atoms. The lowest BCUT2D eigenvalue weighted by molar-refractivity contribution is -0.385. The highest BCUT2D eigenvalue weighted by molar-refractivity contribution is 5.95. The van der Waals surface area contributed by atoms with Crippen molar-refractivity contribution in [2.45, 2.75) is 19.9 Å². The number of benzene rings is 1. The molecule has 28 heavy (non-hydrogen) atoms. The van der Waals surface area contributed by atoms with Crippen molar-refractivity contribution in [2.24, 2.45) is 0 Å². The molecule has 11 heteroatoms. The van der Waals surface area contributed by atoms with E-state index in [0.717, 1.165) is 6.07 Å². The number of rotatable bonds is 7. The number of methoxy groups -OCH3 is 1. The van der Waals surface area contributed by atoms with E-state index in [4.69, 9.17) is 14.2 Å². The number of nitrogens with zero attached hydrogens (tertiary/aromatic N) is 1. The van der Waals surface area contributed by atoms with Crippen molar-refractivity contribution in [3.8, 4) is 5.75 Å². The van der Waals surface area contributed by atoms with E-state index in [9.17, 15) is 24.5 Å². The number of urea groups is 1. The number of carbonyl (C=O) groups is 3. The summed E-state index contributed by atoms with van der Waals surface area (Å²) in [5.74, 6) is -1.54. The summed E-state index contributed by atoms with van der Waals surface area (Å²) in [5.41, 5.74) is -0.285. The number of hydrogen-bond donors (Lipinski definition) is 2. The Morgan fingerprint density at radius 1 is 1.25 bits per heavy atom. The van der Waals surface area contributed by atoms with Crippen molar-refractivity contribution in [1.82, 2.24) is 10.6 Å². The van der Waals surface area contributed by atoms with Gasteiger partial charge in [0, 0.05) is 6.07 Å². The van der Waals surface area contributed by atoms with E-state index in [1.54, 1.807) is 13.8 Å². The zero-order chi connectivity index (χ0) is 20.8. The molecule has 1 aliphatic heterocycles. The summed E-state index contributed by atoms with van der Waals surface area (Å²) in [7, 11) is 1.27. The molecule has 11 nitrogen and oxygen atoms in total. The van der Waals surface area contributed by atoms with Crippen LogP contribution in [0.4, 0.5) is 10.5 Å². The quantitative estimate of drug-likeness (QED) is 0.400. The molecule has 1 atom stereocenters. The van der Waals surface area contributed by atoms with Crippen LogP contribution in [0.15, 0.2) is 29.5 Å². The van der Waals surface area contributed by atoms with Crippen molar-refractivity contribution in [2.75, 3.05) is 20.3 Å². The van der Waals surface area contributed by atoms with Gasteiger partial charge in [-0.05, 0) is 26.0 Å². The standard InChI is InChI=1S/C17H19N3O8/c1-4-27-16(22)14-9(2)18-17(23)19-11(14)8-28-15(21)10-5-6-13(26-3)12(7-10)20(24)25/h5-7,9H,4,8H2,1-3H3,(H2,18,19,23)/t9-/m0/s1. The molecule has 0 aromatic heterocycles. The second-order valence-electron chi connectivity index (χ2n) is 5.65. The van der Waals surface area contributed by atoms with Crippen LogP contribution < -0.4 is 15.4 Å². The van der Waals surface area contributed by atoms with Gasteiger partial charge in [0.15, 0.2) is 5.75 Å². The highest BCUT2D eigenvalue weighted by Gasteiger charge is 2.30. The van der Waals surface area contributed by atoms with Crippen LogP contribution in [0.1, 0.15) is 24.2 Å². The van der Waals surface area contributed by atoms with Gasteiger partial charge in [-0.1, -0.05) is 0 Å². The second-order valence-corrected chi connectivity index (χ2v) is 5.65. The molecule has 0 radical (unpaired) electrons. The van der Waals surface area contributed by atoms with Crippen molar-refractivity contribution in [1.29, 1.82) is 0 Å². The van der Waals surface area contributed by atoms with Gasteiger partial charge >= 0.3 is 23.7 Å². The minimum atomic E-state index is -0.873. The second kappa shape index (κ2) is 8.84. The molecule has 1 aliphatic rings. The molecule has 2 rings (SSSR count). The molecule has 1 aromatic carbocycles. The van der Waals surface area contributed by atoms with Crippen molar-refractivity contribution < 1.29 is 33.5 Å². The first kappa shape index (κ1) is 20.7. The van der Waals surface area contributed by atoms with Gasteiger partial charge in [-0.3, -0.25) is 10.1 Å². The van der Waals surface area contributed by atoms with E-state index in [0.29, 0.717) is 0 Å². The molecular weight excluding hydrogens is 374 g/mol. The fourth-order valence-corrected chi connectivity index (χ4v) is 2.57. The number of esters is 2. The fourth-order valence-electron chi connectivity index (χ4n) is 2.57. The summed E-state index contributed by atoms with van der Waals surface area (Å²) < 4.78 is 15.0. The Hall–Kier alpha value is -3.63. The molecule has 0 saturated heterocycles. The Bertz CT molecular complexity index is 849. The Labute approximate surface area is 159 Å². The van der Waals surface area contributed by atoms with Crippen LogP contribution in [0.5, 0.6) is 5.75 Å². The average molecular weight is 393 g/mol. The Morgan fingerprint density at radius 3 is 2.57 bits per heavy atom. The monoisotopic (exact) mass is 393 g/mol. The molecule has 1 aromatic rings. The third-order valence-electron chi connectivity index (χ3n) is 3.82. The van der Waals surface area contributed by atoms with Crippen molar-refractivity contribution in [3.05, 3.63) is 45.1 Å². The number of nitro groups is 1. The number of carbonyl (C=O) groups excluding carboxylic acids is 3. The van der Waals surface area contributed by atoms with Crippen LogP contribution in [0.2, 0.25) is 0 Å². The summed E-state index contributed by atoms with van der Waals surface area (Å²) in [4.78, 5) is 46.5. The Kier molecular flexibility index (Phi) is 6.53.